The zero-order chi connectivity index (χ0) is 17.1. The summed E-state index contributed by atoms with van der Waals surface area (Å²) in [5.41, 5.74) is 4.20. The smallest absolute Gasteiger partial charge is 0.223 e. The second-order valence-corrected chi connectivity index (χ2v) is 6.69. The van der Waals surface area contributed by atoms with Gasteiger partial charge < -0.3 is 10.6 Å². The Kier molecular flexibility index (Phi) is 5.00. The molecule has 1 aliphatic rings. The first-order valence-electron chi connectivity index (χ1n) is 8.68. The molecule has 1 aromatic heterocycles. The summed E-state index contributed by atoms with van der Waals surface area (Å²) in [5.74, 6) is 0.278. The topological polar surface area (TPSA) is 59.0 Å². The van der Waals surface area contributed by atoms with Crippen molar-refractivity contribution in [1.29, 1.82) is 0 Å². The number of nitrogens with one attached hydrogen (secondary N) is 2. The van der Waals surface area contributed by atoms with Gasteiger partial charge in [0.2, 0.25) is 5.91 Å². The van der Waals surface area contributed by atoms with Gasteiger partial charge in [0.05, 0.1) is 11.4 Å². The number of carbonyl (C=O) groups is 1. The van der Waals surface area contributed by atoms with Crippen molar-refractivity contribution in [3.63, 3.8) is 0 Å². The third-order valence-electron chi connectivity index (χ3n) is 4.88. The molecule has 0 bridgehead atoms. The second-order valence-electron chi connectivity index (χ2n) is 6.69. The van der Waals surface area contributed by atoms with Crippen LogP contribution < -0.4 is 10.6 Å². The highest BCUT2D eigenvalue weighted by molar-refractivity contribution is 5.78. The first-order valence-corrected chi connectivity index (χ1v) is 8.68. The minimum atomic E-state index is 0.117. The Morgan fingerprint density at radius 2 is 2.08 bits per heavy atom. The molecule has 24 heavy (non-hydrogen) atoms. The van der Waals surface area contributed by atoms with Gasteiger partial charge in [0.15, 0.2) is 0 Å². The van der Waals surface area contributed by atoms with Gasteiger partial charge in [-0.2, -0.15) is 5.10 Å². The number of hydrogen-bond donors (Lipinski definition) is 2. The molecule has 2 atom stereocenters. The van der Waals surface area contributed by atoms with Crippen molar-refractivity contribution >= 4 is 5.91 Å². The lowest BCUT2D eigenvalue weighted by Crippen LogP contribution is -2.42. The maximum atomic E-state index is 12.5. The molecule has 128 valence electrons. The number of hydrogen-bond acceptors (Lipinski definition) is 3. The van der Waals surface area contributed by atoms with Gasteiger partial charge in [0, 0.05) is 29.8 Å². The SMILES string of the molecule is Cc1nn(-c2ccccc2)c(C)c1CNC(=O)[C@H]1CCN[C@@H](C)C1. The standard InChI is InChI=1S/C19H26N4O/c1-13-11-16(9-10-20-13)19(24)21-12-18-14(2)22-23(15(18)3)17-7-5-4-6-8-17/h4-8,13,16,20H,9-12H2,1-3H3,(H,21,24)/t13-,16-/m0/s1. The van der Waals surface area contributed by atoms with Gasteiger partial charge in [-0.15, -0.1) is 0 Å². The van der Waals surface area contributed by atoms with Gasteiger partial charge in [-0.25, -0.2) is 4.68 Å². The molecule has 1 aromatic carbocycles. The quantitative estimate of drug-likeness (QED) is 0.907. The predicted octanol–water partition coefficient (Wildman–Crippen LogP) is 2.49. The summed E-state index contributed by atoms with van der Waals surface area (Å²) < 4.78 is 1.95. The van der Waals surface area contributed by atoms with Crippen LogP contribution in [0.2, 0.25) is 0 Å². The Bertz CT molecular complexity index is 708. The summed E-state index contributed by atoms with van der Waals surface area (Å²) in [6.45, 7) is 7.66. The highest BCUT2D eigenvalue weighted by atomic mass is 16.1. The van der Waals surface area contributed by atoms with E-state index in [0.29, 0.717) is 12.6 Å². The van der Waals surface area contributed by atoms with E-state index in [0.717, 1.165) is 42.0 Å². The number of para-hydroxylation sites is 1. The first-order chi connectivity index (χ1) is 11.6. The van der Waals surface area contributed by atoms with Gasteiger partial charge >= 0.3 is 0 Å². The maximum absolute atomic E-state index is 12.5. The van der Waals surface area contributed by atoms with E-state index in [-0.39, 0.29) is 11.8 Å². The number of carbonyl (C=O) groups excluding carboxylic acids is 1. The minimum Gasteiger partial charge on any atom is -0.352 e. The van der Waals surface area contributed by atoms with Gasteiger partial charge in [-0.3, -0.25) is 4.79 Å². The van der Waals surface area contributed by atoms with Crippen LogP contribution in [-0.2, 0) is 11.3 Å². The van der Waals surface area contributed by atoms with E-state index >= 15 is 0 Å². The Morgan fingerprint density at radius 1 is 1.33 bits per heavy atom. The van der Waals surface area contributed by atoms with Crippen LogP contribution in [0.15, 0.2) is 30.3 Å². The zero-order valence-corrected chi connectivity index (χ0v) is 14.7. The summed E-state index contributed by atoms with van der Waals surface area (Å²) in [4.78, 5) is 12.5. The van der Waals surface area contributed by atoms with Gasteiger partial charge in [-0.1, -0.05) is 18.2 Å². The number of aryl methyl sites for hydroxylation is 1. The van der Waals surface area contributed by atoms with E-state index in [2.05, 4.69) is 29.6 Å². The molecule has 0 spiro atoms. The highest BCUT2D eigenvalue weighted by Crippen LogP contribution is 2.19. The molecular weight excluding hydrogens is 300 g/mol. The Labute approximate surface area is 143 Å². The molecular formula is C19H26N4O. The molecule has 2 N–H and O–H groups in total. The molecule has 1 amide bonds. The van der Waals surface area contributed by atoms with Crippen LogP contribution in [0.4, 0.5) is 0 Å². The monoisotopic (exact) mass is 326 g/mol. The average molecular weight is 326 g/mol. The molecule has 5 heteroatoms. The van der Waals surface area contributed by atoms with Crippen molar-refractivity contribution in [2.24, 2.45) is 5.92 Å². The van der Waals surface area contributed by atoms with Crippen molar-refractivity contribution in [1.82, 2.24) is 20.4 Å². The molecule has 2 aromatic rings. The molecule has 0 saturated carbocycles. The highest BCUT2D eigenvalue weighted by Gasteiger charge is 2.25. The lowest BCUT2D eigenvalue weighted by Gasteiger charge is -2.27. The molecule has 1 fully saturated rings. The van der Waals surface area contributed by atoms with E-state index in [1.807, 2.05) is 41.9 Å². The largest absolute Gasteiger partial charge is 0.352 e. The molecule has 5 nitrogen and oxygen atoms in total. The zero-order valence-electron chi connectivity index (χ0n) is 14.7. The van der Waals surface area contributed by atoms with Crippen molar-refractivity contribution < 1.29 is 4.79 Å². The normalized spacial score (nSPS) is 20.8. The van der Waals surface area contributed by atoms with Crippen LogP contribution in [0, 0.1) is 19.8 Å². The number of benzene rings is 1. The molecule has 0 unspecified atom stereocenters. The maximum Gasteiger partial charge on any atom is 0.223 e. The number of piperidine rings is 1. The Morgan fingerprint density at radius 3 is 2.79 bits per heavy atom. The number of amides is 1. The molecule has 1 saturated heterocycles. The Balaban J connectivity index is 1.69. The number of nitrogens with zero attached hydrogens (tertiary/aromatic N) is 2. The van der Waals surface area contributed by atoms with E-state index < -0.39 is 0 Å². The van der Waals surface area contributed by atoms with Crippen LogP contribution in [0.5, 0.6) is 0 Å². The molecule has 0 aliphatic carbocycles. The van der Waals surface area contributed by atoms with Gasteiger partial charge in [-0.05, 0) is 52.3 Å². The predicted molar refractivity (Wildman–Crippen MR) is 95.1 cm³/mol. The van der Waals surface area contributed by atoms with Crippen LogP contribution in [0.1, 0.15) is 36.7 Å². The van der Waals surface area contributed by atoms with Crippen molar-refractivity contribution in [3.05, 3.63) is 47.3 Å². The molecule has 2 heterocycles. The van der Waals surface area contributed by atoms with E-state index in [9.17, 15) is 4.79 Å². The molecule has 3 rings (SSSR count). The average Bonchev–Trinajstić information content (AvgIpc) is 2.88. The summed E-state index contributed by atoms with van der Waals surface area (Å²) in [6, 6.07) is 10.5. The summed E-state index contributed by atoms with van der Waals surface area (Å²) in [7, 11) is 0. The Hall–Kier alpha value is -2.14. The molecule has 1 aliphatic heterocycles. The molecule has 0 radical (unpaired) electrons. The van der Waals surface area contributed by atoms with Crippen LogP contribution in [0.3, 0.4) is 0 Å². The van der Waals surface area contributed by atoms with Gasteiger partial charge in [0.1, 0.15) is 0 Å². The summed E-state index contributed by atoms with van der Waals surface area (Å²) >= 11 is 0. The number of aromatic nitrogens is 2. The van der Waals surface area contributed by atoms with E-state index in [1.165, 1.54) is 0 Å². The lowest BCUT2D eigenvalue weighted by molar-refractivity contribution is -0.126. The lowest BCUT2D eigenvalue weighted by atomic mass is 9.92. The van der Waals surface area contributed by atoms with Crippen molar-refractivity contribution in [2.45, 2.75) is 46.2 Å². The minimum absolute atomic E-state index is 0.117. The van der Waals surface area contributed by atoms with Crippen LogP contribution in [0.25, 0.3) is 5.69 Å². The number of rotatable bonds is 4. The second kappa shape index (κ2) is 7.18. The fourth-order valence-corrected chi connectivity index (χ4v) is 3.44. The van der Waals surface area contributed by atoms with Gasteiger partial charge in [0.25, 0.3) is 0 Å². The van der Waals surface area contributed by atoms with Crippen molar-refractivity contribution in [2.75, 3.05) is 6.54 Å². The van der Waals surface area contributed by atoms with E-state index in [1.54, 1.807) is 0 Å². The summed E-state index contributed by atoms with van der Waals surface area (Å²) in [6.07, 6.45) is 1.82. The van der Waals surface area contributed by atoms with Crippen LogP contribution >= 0.6 is 0 Å². The third-order valence-corrected chi connectivity index (χ3v) is 4.88. The fraction of sp³-hybridized carbons (Fsp3) is 0.474. The van der Waals surface area contributed by atoms with Crippen LogP contribution in [-0.4, -0.2) is 28.3 Å². The third kappa shape index (κ3) is 3.51. The van der Waals surface area contributed by atoms with Crippen molar-refractivity contribution in [3.8, 4) is 5.69 Å². The fourth-order valence-electron chi connectivity index (χ4n) is 3.44. The first kappa shape index (κ1) is 16.7. The summed E-state index contributed by atoms with van der Waals surface area (Å²) in [5, 5.41) is 11.1. The van der Waals surface area contributed by atoms with E-state index in [4.69, 9.17) is 0 Å².